The molecule has 9 nitrogen and oxygen atoms in total. The van der Waals surface area contributed by atoms with Crippen molar-refractivity contribution in [2.45, 2.75) is 88.2 Å². The average Bonchev–Trinajstić information content (AvgIpc) is 3.20. The van der Waals surface area contributed by atoms with E-state index >= 15 is 0 Å². The van der Waals surface area contributed by atoms with E-state index in [2.05, 4.69) is 0 Å². The van der Waals surface area contributed by atoms with Gasteiger partial charge in [0.25, 0.3) is 11.8 Å². The zero-order valence-electron chi connectivity index (χ0n) is 23.0. The number of nitrogens with zero attached hydrogens (tertiary/aromatic N) is 3. The van der Waals surface area contributed by atoms with E-state index in [4.69, 9.17) is 0 Å². The van der Waals surface area contributed by atoms with Crippen molar-refractivity contribution in [2.75, 3.05) is 13.1 Å². The lowest BCUT2D eigenvalue weighted by Crippen LogP contribution is -2.56. The molecular formula is C31H37N3O6. The van der Waals surface area contributed by atoms with E-state index in [1.54, 1.807) is 17.0 Å². The van der Waals surface area contributed by atoms with Crippen LogP contribution in [0, 0.1) is 0 Å². The molecule has 4 aliphatic heterocycles. The van der Waals surface area contributed by atoms with Crippen molar-refractivity contribution in [3.05, 3.63) is 70.3 Å². The van der Waals surface area contributed by atoms with E-state index in [-0.39, 0.29) is 43.1 Å². The summed E-state index contributed by atoms with van der Waals surface area (Å²) in [5.74, 6) is -0.277. The molecule has 2 saturated heterocycles. The Morgan fingerprint density at radius 1 is 1.05 bits per heavy atom. The first-order chi connectivity index (χ1) is 19.0. The minimum atomic E-state index is -1.09. The lowest BCUT2D eigenvalue weighted by Gasteiger charge is -2.43. The third kappa shape index (κ3) is 4.55. The van der Waals surface area contributed by atoms with Crippen molar-refractivity contribution >= 4 is 17.9 Å². The predicted octanol–water partition coefficient (Wildman–Crippen LogP) is 3.01. The summed E-state index contributed by atoms with van der Waals surface area (Å²) in [6.45, 7) is 4.59. The SMILES string of the molecule is CC1(C)CN(C[C@H](O)C2Cc3ccccc3CN2C(=O)O)C(=O)c2ccc(C(=O)N3[C@@H]4CC[C@H]3CC(O)C4)cc21. The fourth-order valence-corrected chi connectivity index (χ4v) is 7.45. The number of fused-ring (bicyclic) bond motifs is 4. The molecule has 0 aromatic heterocycles. The number of carboxylic acid groups (broad SMARTS) is 1. The summed E-state index contributed by atoms with van der Waals surface area (Å²) < 4.78 is 0. The first kappa shape index (κ1) is 26.8. The number of aliphatic hydroxyl groups is 2. The van der Waals surface area contributed by atoms with Gasteiger partial charge in [-0.05, 0) is 67.0 Å². The van der Waals surface area contributed by atoms with Crippen molar-refractivity contribution in [1.82, 2.24) is 14.7 Å². The second kappa shape index (κ2) is 9.89. The van der Waals surface area contributed by atoms with Crippen molar-refractivity contribution in [3.63, 3.8) is 0 Å². The van der Waals surface area contributed by atoms with Crippen molar-refractivity contribution in [2.24, 2.45) is 0 Å². The first-order valence-corrected chi connectivity index (χ1v) is 14.2. The van der Waals surface area contributed by atoms with Gasteiger partial charge in [0.1, 0.15) is 0 Å². The fraction of sp³-hybridized carbons (Fsp3) is 0.516. The molecule has 4 aliphatic rings. The molecule has 212 valence electrons. The molecule has 0 saturated carbocycles. The van der Waals surface area contributed by atoms with Crippen LogP contribution in [0.5, 0.6) is 0 Å². The monoisotopic (exact) mass is 547 g/mol. The summed E-state index contributed by atoms with van der Waals surface area (Å²) in [4.78, 5) is 44.1. The van der Waals surface area contributed by atoms with Crippen molar-refractivity contribution in [1.29, 1.82) is 0 Å². The maximum Gasteiger partial charge on any atom is 0.407 e. The third-order valence-electron chi connectivity index (χ3n) is 9.43. The fourth-order valence-electron chi connectivity index (χ4n) is 7.45. The molecule has 9 heteroatoms. The highest BCUT2D eigenvalue weighted by atomic mass is 16.4. The summed E-state index contributed by atoms with van der Waals surface area (Å²) in [6, 6.07) is 12.4. The van der Waals surface area contributed by atoms with Gasteiger partial charge in [-0.25, -0.2) is 4.79 Å². The number of piperidine rings is 1. The Hall–Kier alpha value is -3.43. The Kier molecular flexibility index (Phi) is 6.62. The van der Waals surface area contributed by atoms with Crippen LogP contribution < -0.4 is 0 Å². The van der Waals surface area contributed by atoms with E-state index in [1.807, 2.05) is 49.1 Å². The average molecular weight is 548 g/mol. The number of benzene rings is 2. The third-order valence-corrected chi connectivity index (χ3v) is 9.43. The van der Waals surface area contributed by atoms with Crippen LogP contribution in [0.4, 0.5) is 4.79 Å². The second-order valence-electron chi connectivity index (χ2n) is 12.6. The molecule has 40 heavy (non-hydrogen) atoms. The summed E-state index contributed by atoms with van der Waals surface area (Å²) in [7, 11) is 0. The Labute approximate surface area is 234 Å². The van der Waals surface area contributed by atoms with E-state index in [1.165, 1.54) is 4.90 Å². The van der Waals surface area contributed by atoms with Gasteiger partial charge in [-0.2, -0.15) is 0 Å². The van der Waals surface area contributed by atoms with Gasteiger partial charge >= 0.3 is 6.09 Å². The van der Waals surface area contributed by atoms with E-state index in [9.17, 15) is 29.7 Å². The van der Waals surface area contributed by atoms with Crippen LogP contribution in [-0.2, 0) is 18.4 Å². The van der Waals surface area contributed by atoms with Crippen LogP contribution >= 0.6 is 0 Å². The molecule has 0 spiro atoms. The van der Waals surface area contributed by atoms with Gasteiger partial charge in [0.05, 0.1) is 18.2 Å². The van der Waals surface area contributed by atoms with Gasteiger partial charge in [-0.3, -0.25) is 14.5 Å². The van der Waals surface area contributed by atoms with Gasteiger partial charge in [0.15, 0.2) is 0 Å². The van der Waals surface area contributed by atoms with Crippen LogP contribution in [0.25, 0.3) is 0 Å². The largest absolute Gasteiger partial charge is 0.465 e. The quantitative estimate of drug-likeness (QED) is 0.541. The van der Waals surface area contributed by atoms with E-state index < -0.39 is 23.7 Å². The van der Waals surface area contributed by atoms with Crippen LogP contribution in [0.2, 0.25) is 0 Å². The zero-order valence-corrected chi connectivity index (χ0v) is 23.0. The highest BCUT2D eigenvalue weighted by molar-refractivity contribution is 6.00. The smallest absolute Gasteiger partial charge is 0.407 e. The van der Waals surface area contributed by atoms with Crippen LogP contribution in [0.3, 0.4) is 0 Å². The van der Waals surface area contributed by atoms with Gasteiger partial charge in [-0.1, -0.05) is 38.1 Å². The highest BCUT2D eigenvalue weighted by Gasteiger charge is 2.44. The van der Waals surface area contributed by atoms with E-state index in [0.717, 1.165) is 29.5 Å². The van der Waals surface area contributed by atoms with Crippen LogP contribution in [0.1, 0.15) is 76.9 Å². The number of carbonyl (C=O) groups excluding carboxylic acids is 2. The van der Waals surface area contributed by atoms with Gasteiger partial charge in [0.2, 0.25) is 0 Å². The molecule has 6 rings (SSSR count). The normalized spacial score (nSPS) is 27.7. The summed E-state index contributed by atoms with van der Waals surface area (Å²) in [6.07, 6.45) is 0.915. The minimum Gasteiger partial charge on any atom is -0.465 e. The highest BCUT2D eigenvalue weighted by Crippen LogP contribution is 2.39. The molecule has 3 amide bonds. The Morgan fingerprint density at radius 2 is 1.73 bits per heavy atom. The number of carbonyl (C=O) groups is 3. The molecule has 0 aliphatic carbocycles. The molecule has 2 fully saturated rings. The molecule has 2 aromatic carbocycles. The van der Waals surface area contributed by atoms with Crippen LogP contribution in [-0.4, -0.2) is 91.3 Å². The van der Waals surface area contributed by atoms with Crippen molar-refractivity contribution < 1.29 is 29.7 Å². The predicted molar refractivity (Wildman–Crippen MR) is 147 cm³/mol. The lowest BCUT2D eigenvalue weighted by atomic mass is 9.77. The minimum absolute atomic E-state index is 0.0124. The zero-order chi connectivity index (χ0) is 28.3. The number of hydrogen-bond acceptors (Lipinski definition) is 5. The molecule has 2 aromatic rings. The van der Waals surface area contributed by atoms with Gasteiger partial charge in [-0.15, -0.1) is 0 Å². The summed E-state index contributed by atoms with van der Waals surface area (Å²) in [5, 5.41) is 31.3. The molecule has 3 N–H and O–H groups in total. The molecule has 0 radical (unpaired) electrons. The number of amides is 3. The molecule has 5 atom stereocenters. The number of β-amino-alcohol motifs (C(OH)–C–C–N with tert-alkyl or cyclic N) is 1. The Bertz CT molecular complexity index is 1340. The molecule has 2 unspecified atom stereocenters. The maximum absolute atomic E-state index is 13.6. The standard InChI is InChI=1S/C31H37N3O6/c1-31(2)17-32(16-27(36)26-12-18-5-3-4-6-20(18)15-33(26)30(39)40)29(38)24-10-7-19(11-25(24)31)28(37)34-21-8-9-22(34)14-23(35)13-21/h3-7,10-11,21-23,26-27,35-36H,8-9,12-17H2,1-2H3,(H,39,40)/t21-,22+,23?,26?,27-/m0/s1. The molecular weight excluding hydrogens is 510 g/mol. The van der Waals surface area contributed by atoms with Gasteiger partial charge in [0, 0.05) is 48.3 Å². The van der Waals surface area contributed by atoms with E-state index in [0.29, 0.717) is 36.9 Å². The topological polar surface area (TPSA) is 122 Å². The first-order valence-electron chi connectivity index (χ1n) is 14.2. The van der Waals surface area contributed by atoms with Gasteiger partial charge < -0.3 is 25.1 Å². The van der Waals surface area contributed by atoms with Crippen LogP contribution in [0.15, 0.2) is 42.5 Å². The number of aliphatic hydroxyl groups excluding tert-OH is 2. The summed E-state index contributed by atoms with van der Waals surface area (Å²) >= 11 is 0. The van der Waals surface area contributed by atoms with Crippen molar-refractivity contribution in [3.8, 4) is 0 Å². The summed E-state index contributed by atoms with van der Waals surface area (Å²) in [5.41, 5.74) is 3.31. The number of rotatable bonds is 4. The molecule has 4 heterocycles. The lowest BCUT2D eigenvalue weighted by molar-refractivity contribution is 0.0132. The maximum atomic E-state index is 13.6. The second-order valence-corrected chi connectivity index (χ2v) is 12.6. The Morgan fingerprint density at radius 3 is 2.40 bits per heavy atom. The Balaban J connectivity index is 1.22. The number of hydrogen-bond donors (Lipinski definition) is 3. The molecule has 2 bridgehead atoms.